The van der Waals surface area contributed by atoms with Crippen molar-refractivity contribution in [3.8, 4) is 11.4 Å². The Bertz CT molecular complexity index is 1110. The van der Waals surface area contributed by atoms with Gasteiger partial charge in [-0.05, 0) is 41.1 Å². The Morgan fingerprint density at radius 2 is 2.07 bits per heavy atom. The summed E-state index contributed by atoms with van der Waals surface area (Å²) in [6.45, 7) is 6.62. The van der Waals surface area contributed by atoms with Gasteiger partial charge >= 0.3 is 0 Å². The number of fused-ring (bicyclic) bond motifs is 1. The molecule has 0 aliphatic rings. The largest absolute Gasteiger partial charge is 0.306 e. The number of pyridine rings is 1. The molecule has 1 aromatic carbocycles. The maximum atomic E-state index is 4.66. The zero-order chi connectivity index (χ0) is 18.8. The minimum Gasteiger partial charge on any atom is -0.306 e. The van der Waals surface area contributed by atoms with E-state index in [4.69, 9.17) is 0 Å². The minimum absolute atomic E-state index is 0.663. The van der Waals surface area contributed by atoms with Crippen molar-refractivity contribution < 1.29 is 0 Å². The number of rotatable bonds is 6. The van der Waals surface area contributed by atoms with Crippen molar-refractivity contribution in [1.82, 2.24) is 24.1 Å². The molecule has 0 fully saturated rings. The normalized spacial score (nSPS) is 11.2. The summed E-state index contributed by atoms with van der Waals surface area (Å²) in [6.07, 6.45) is 5.92. The summed E-state index contributed by atoms with van der Waals surface area (Å²) in [5.41, 5.74) is 4.20. The van der Waals surface area contributed by atoms with Crippen LogP contribution in [0.15, 0.2) is 71.1 Å². The fourth-order valence-corrected chi connectivity index (χ4v) is 4.10. The number of allylic oxidation sites excluding steroid dienone is 1. The van der Waals surface area contributed by atoms with Crippen LogP contribution in [0.4, 0.5) is 0 Å². The summed E-state index contributed by atoms with van der Waals surface area (Å²) in [4.78, 5) is 4.66. The van der Waals surface area contributed by atoms with Crippen LogP contribution in [0.3, 0.4) is 0 Å². The Morgan fingerprint density at radius 1 is 1.19 bits per heavy atom. The van der Waals surface area contributed by atoms with E-state index in [1.807, 2.05) is 41.1 Å². The molecular formula is C20H18BrN5S. The smallest absolute Gasteiger partial charge is 0.192 e. The van der Waals surface area contributed by atoms with Crippen LogP contribution in [0.2, 0.25) is 0 Å². The lowest BCUT2D eigenvalue weighted by atomic mass is 10.1. The predicted molar refractivity (Wildman–Crippen MR) is 113 cm³/mol. The fraction of sp³-hybridized carbons (Fsp3) is 0.150. The van der Waals surface area contributed by atoms with E-state index in [-0.39, 0.29) is 0 Å². The first-order chi connectivity index (χ1) is 13.1. The van der Waals surface area contributed by atoms with E-state index in [0.717, 1.165) is 38.1 Å². The maximum Gasteiger partial charge on any atom is 0.192 e. The Hall–Kier alpha value is -2.38. The van der Waals surface area contributed by atoms with E-state index in [1.165, 1.54) is 5.56 Å². The first-order valence-corrected chi connectivity index (χ1v) is 10.3. The Morgan fingerprint density at radius 3 is 2.89 bits per heavy atom. The molecule has 7 heteroatoms. The van der Waals surface area contributed by atoms with Crippen LogP contribution in [0.5, 0.6) is 0 Å². The standard InChI is InChI=1S/C20H18BrN5S/c1-3-9-26-19(15-6-4-5-14(2)10-15)23-24-20(26)27-13-17-12-25-11-16(21)7-8-18(25)22-17/h3-8,10-12H,1,9,13H2,2H3. The highest BCUT2D eigenvalue weighted by Gasteiger charge is 2.14. The highest BCUT2D eigenvalue weighted by molar-refractivity contribution is 9.10. The van der Waals surface area contributed by atoms with Gasteiger partial charge in [0.25, 0.3) is 0 Å². The number of benzene rings is 1. The monoisotopic (exact) mass is 439 g/mol. The summed E-state index contributed by atoms with van der Waals surface area (Å²) < 4.78 is 5.14. The summed E-state index contributed by atoms with van der Waals surface area (Å²) in [6, 6.07) is 12.3. The van der Waals surface area contributed by atoms with E-state index >= 15 is 0 Å². The van der Waals surface area contributed by atoms with Crippen molar-refractivity contribution in [2.75, 3.05) is 0 Å². The average Bonchev–Trinajstić information content (AvgIpc) is 3.23. The van der Waals surface area contributed by atoms with Gasteiger partial charge in [0.1, 0.15) is 5.65 Å². The molecule has 0 aliphatic carbocycles. The van der Waals surface area contributed by atoms with Gasteiger partial charge in [-0.2, -0.15) is 0 Å². The molecule has 0 unspecified atom stereocenters. The van der Waals surface area contributed by atoms with Gasteiger partial charge in [-0.15, -0.1) is 16.8 Å². The lowest BCUT2D eigenvalue weighted by Crippen LogP contribution is -2.00. The molecule has 0 N–H and O–H groups in total. The third-order valence-electron chi connectivity index (χ3n) is 4.12. The zero-order valence-electron chi connectivity index (χ0n) is 14.8. The molecule has 0 spiro atoms. The van der Waals surface area contributed by atoms with Gasteiger partial charge < -0.3 is 4.40 Å². The average molecular weight is 440 g/mol. The van der Waals surface area contributed by atoms with Gasteiger partial charge in [0.15, 0.2) is 11.0 Å². The lowest BCUT2D eigenvalue weighted by molar-refractivity contribution is 0.731. The molecule has 0 radical (unpaired) electrons. The topological polar surface area (TPSA) is 48.0 Å². The van der Waals surface area contributed by atoms with E-state index in [9.17, 15) is 0 Å². The van der Waals surface area contributed by atoms with E-state index in [0.29, 0.717) is 6.54 Å². The molecule has 0 atom stereocenters. The quantitative estimate of drug-likeness (QED) is 0.308. The Balaban J connectivity index is 1.60. The molecule has 3 heterocycles. The summed E-state index contributed by atoms with van der Waals surface area (Å²) in [7, 11) is 0. The second-order valence-corrected chi connectivity index (χ2v) is 8.07. The van der Waals surface area contributed by atoms with Crippen molar-refractivity contribution >= 4 is 33.3 Å². The zero-order valence-corrected chi connectivity index (χ0v) is 17.2. The molecule has 5 nitrogen and oxygen atoms in total. The lowest BCUT2D eigenvalue weighted by Gasteiger charge is -2.07. The molecule has 0 aliphatic heterocycles. The van der Waals surface area contributed by atoms with Crippen molar-refractivity contribution in [1.29, 1.82) is 0 Å². The van der Waals surface area contributed by atoms with Crippen molar-refractivity contribution in [3.05, 3.63) is 77.2 Å². The number of imidazole rings is 1. The van der Waals surface area contributed by atoms with Gasteiger partial charge in [-0.1, -0.05) is 41.6 Å². The number of nitrogens with zero attached hydrogens (tertiary/aromatic N) is 5. The summed E-state index contributed by atoms with van der Waals surface area (Å²) in [5, 5.41) is 9.70. The number of hydrogen-bond acceptors (Lipinski definition) is 4. The fourth-order valence-electron chi connectivity index (χ4n) is 2.91. The second-order valence-electron chi connectivity index (χ2n) is 6.21. The second kappa shape index (κ2) is 7.70. The highest BCUT2D eigenvalue weighted by Crippen LogP contribution is 2.27. The van der Waals surface area contributed by atoms with Crippen LogP contribution in [0.25, 0.3) is 17.0 Å². The molecule has 0 saturated carbocycles. The first kappa shape index (κ1) is 18.0. The van der Waals surface area contributed by atoms with Crippen LogP contribution < -0.4 is 0 Å². The van der Waals surface area contributed by atoms with Crippen molar-refractivity contribution in [2.24, 2.45) is 0 Å². The summed E-state index contributed by atoms with van der Waals surface area (Å²) >= 11 is 5.12. The molecule has 136 valence electrons. The van der Waals surface area contributed by atoms with E-state index in [1.54, 1.807) is 11.8 Å². The minimum atomic E-state index is 0.663. The van der Waals surface area contributed by atoms with Crippen LogP contribution in [-0.2, 0) is 12.3 Å². The first-order valence-electron chi connectivity index (χ1n) is 8.51. The van der Waals surface area contributed by atoms with Gasteiger partial charge in [0.05, 0.1) is 5.69 Å². The number of hydrogen-bond donors (Lipinski definition) is 0. The molecule has 0 amide bonds. The van der Waals surface area contributed by atoms with Crippen molar-refractivity contribution in [3.63, 3.8) is 0 Å². The SMILES string of the molecule is C=CCn1c(SCc2cn3cc(Br)ccc3n2)nnc1-c1cccc(C)c1. The number of aryl methyl sites for hydroxylation is 1. The van der Waals surface area contributed by atoms with Gasteiger partial charge in [-0.25, -0.2) is 4.98 Å². The molecular weight excluding hydrogens is 422 g/mol. The van der Waals surface area contributed by atoms with E-state index < -0.39 is 0 Å². The highest BCUT2D eigenvalue weighted by atomic mass is 79.9. The molecule has 3 aromatic heterocycles. The molecule has 4 rings (SSSR count). The van der Waals surface area contributed by atoms with Gasteiger partial charge in [-0.3, -0.25) is 4.57 Å². The number of halogens is 1. The molecule has 4 aromatic rings. The Labute approximate surface area is 170 Å². The third-order valence-corrected chi connectivity index (χ3v) is 5.59. The molecule has 0 saturated heterocycles. The Kier molecular flexibility index (Phi) is 5.13. The summed E-state index contributed by atoms with van der Waals surface area (Å²) in [5.74, 6) is 1.59. The van der Waals surface area contributed by atoms with Crippen LogP contribution >= 0.6 is 27.7 Å². The van der Waals surface area contributed by atoms with Crippen LogP contribution in [0, 0.1) is 6.92 Å². The van der Waals surface area contributed by atoms with Crippen molar-refractivity contribution in [2.45, 2.75) is 24.4 Å². The van der Waals surface area contributed by atoms with Crippen LogP contribution in [-0.4, -0.2) is 24.1 Å². The number of thioether (sulfide) groups is 1. The van der Waals surface area contributed by atoms with E-state index in [2.05, 4.69) is 67.4 Å². The van der Waals surface area contributed by atoms with Gasteiger partial charge in [0, 0.05) is 34.7 Å². The van der Waals surface area contributed by atoms with Gasteiger partial charge in [0.2, 0.25) is 0 Å². The molecule has 27 heavy (non-hydrogen) atoms. The third kappa shape index (κ3) is 3.84. The number of aromatic nitrogens is 5. The van der Waals surface area contributed by atoms with Crippen LogP contribution in [0.1, 0.15) is 11.3 Å². The maximum absolute atomic E-state index is 4.66. The predicted octanol–water partition coefficient (Wildman–Crippen LogP) is 5.14. The molecule has 0 bridgehead atoms.